The minimum atomic E-state index is 0.195. The predicted molar refractivity (Wildman–Crippen MR) is 88.8 cm³/mol. The van der Waals surface area contributed by atoms with E-state index in [-0.39, 0.29) is 5.54 Å². The molecular weight excluding hydrogens is 289 g/mol. The summed E-state index contributed by atoms with van der Waals surface area (Å²) in [7, 11) is 0. The van der Waals surface area contributed by atoms with Crippen LogP contribution in [-0.2, 0) is 6.42 Å². The Morgan fingerprint density at radius 2 is 1.85 bits per heavy atom. The standard InChI is InChI=1S/C17H25Cl2N/c1-17(2,3)20-11-14-8-4-6-12(14)10-13-7-5-9-15(18)16(13)19/h5,7,9,12,14,20H,4,6,8,10-11H2,1-3H3. The highest BCUT2D eigenvalue weighted by molar-refractivity contribution is 6.42. The molecule has 1 aromatic rings. The van der Waals surface area contributed by atoms with Gasteiger partial charge >= 0.3 is 0 Å². The summed E-state index contributed by atoms with van der Waals surface area (Å²) in [4.78, 5) is 0. The van der Waals surface area contributed by atoms with Gasteiger partial charge in [-0.3, -0.25) is 0 Å². The van der Waals surface area contributed by atoms with Gasteiger partial charge in [-0.2, -0.15) is 0 Å². The van der Waals surface area contributed by atoms with Crippen LogP contribution in [0.2, 0.25) is 10.0 Å². The Bertz CT molecular complexity index is 451. The van der Waals surface area contributed by atoms with Gasteiger partial charge in [0.2, 0.25) is 0 Å². The first kappa shape index (κ1) is 16.1. The molecule has 3 heteroatoms. The first-order valence-electron chi connectivity index (χ1n) is 7.55. The number of hydrogen-bond acceptors (Lipinski definition) is 1. The first-order valence-corrected chi connectivity index (χ1v) is 8.30. The van der Waals surface area contributed by atoms with E-state index in [0.29, 0.717) is 5.02 Å². The SMILES string of the molecule is CC(C)(C)NCC1CCCC1Cc1cccc(Cl)c1Cl. The zero-order chi connectivity index (χ0) is 14.8. The molecule has 1 aromatic carbocycles. The van der Waals surface area contributed by atoms with Crippen LogP contribution in [0.5, 0.6) is 0 Å². The van der Waals surface area contributed by atoms with Crippen LogP contribution in [0.15, 0.2) is 18.2 Å². The Morgan fingerprint density at radius 3 is 2.55 bits per heavy atom. The van der Waals surface area contributed by atoms with E-state index in [9.17, 15) is 0 Å². The average Bonchev–Trinajstić information content (AvgIpc) is 2.79. The molecule has 0 bridgehead atoms. The summed E-state index contributed by atoms with van der Waals surface area (Å²) in [6, 6.07) is 5.97. The van der Waals surface area contributed by atoms with Gasteiger partial charge in [0.1, 0.15) is 0 Å². The number of rotatable bonds is 4. The molecule has 0 radical (unpaired) electrons. The van der Waals surface area contributed by atoms with Gasteiger partial charge < -0.3 is 5.32 Å². The van der Waals surface area contributed by atoms with Crippen LogP contribution in [0.4, 0.5) is 0 Å². The molecule has 0 saturated heterocycles. The van der Waals surface area contributed by atoms with Crippen LogP contribution in [0.1, 0.15) is 45.6 Å². The highest BCUT2D eigenvalue weighted by Gasteiger charge is 2.28. The van der Waals surface area contributed by atoms with Gasteiger partial charge in [-0.25, -0.2) is 0 Å². The average molecular weight is 314 g/mol. The lowest BCUT2D eigenvalue weighted by atomic mass is 9.89. The van der Waals surface area contributed by atoms with Crippen molar-refractivity contribution < 1.29 is 0 Å². The van der Waals surface area contributed by atoms with Gasteiger partial charge in [-0.15, -0.1) is 0 Å². The van der Waals surface area contributed by atoms with E-state index in [1.807, 2.05) is 12.1 Å². The lowest BCUT2D eigenvalue weighted by molar-refractivity contribution is 0.317. The van der Waals surface area contributed by atoms with Gasteiger partial charge in [0.05, 0.1) is 10.0 Å². The maximum atomic E-state index is 6.32. The van der Waals surface area contributed by atoms with Crippen LogP contribution in [0, 0.1) is 11.8 Å². The van der Waals surface area contributed by atoms with E-state index in [1.165, 1.54) is 24.8 Å². The van der Waals surface area contributed by atoms with Crippen LogP contribution in [0.25, 0.3) is 0 Å². The Hall–Kier alpha value is -0.240. The summed E-state index contributed by atoms with van der Waals surface area (Å²) < 4.78 is 0. The molecule has 0 aromatic heterocycles. The first-order chi connectivity index (χ1) is 9.37. The fourth-order valence-corrected chi connectivity index (χ4v) is 3.47. The van der Waals surface area contributed by atoms with Crippen LogP contribution in [0.3, 0.4) is 0 Å². The normalized spacial score (nSPS) is 23.2. The van der Waals surface area contributed by atoms with E-state index >= 15 is 0 Å². The van der Waals surface area contributed by atoms with Crippen molar-refractivity contribution in [3.05, 3.63) is 33.8 Å². The Labute approximate surface area is 133 Å². The van der Waals surface area contributed by atoms with E-state index in [1.54, 1.807) is 0 Å². The molecule has 1 aliphatic rings. The molecule has 0 spiro atoms. The Kier molecular flexibility index (Phi) is 5.39. The highest BCUT2D eigenvalue weighted by Crippen LogP contribution is 2.36. The molecule has 2 rings (SSSR count). The van der Waals surface area contributed by atoms with Crippen LogP contribution in [-0.4, -0.2) is 12.1 Å². The predicted octanol–water partition coefficient (Wildman–Crippen LogP) is 5.34. The molecule has 1 nitrogen and oxygen atoms in total. The zero-order valence-corrected chi connectivity index (χ0v) is 14.2. The largest absolute Gasteiger partial charge is 0.312 e. The lowest BCUT2D eigenvalue weighted by Crippen LogP contribution is -2.40. The molecule has 2 atom stereocenters. The second kappa shape index (κ2) is 6.68. The molecule has 112 valence electrons. The van der Waals surface area contributed by atoms with E-state index in [2.05, 4.69) is 32.2 Å². The number of nitrogens with one attached hydrogen (secondary N) is 1. The lowest BCUT2D eigenvalue weighted by Gasteiger charge is -2.26. The number of benzene rings is 1. The summed E-state index contributed by atoms with van der Waals surface area (Å²) in [5.74, 6) is 1.48. The molecular formula is C17H25Cl2N. The fourth-order valence-electron chi connectivity index (χ4n) is 3.08. The van der Waals surface area contributed by atoms with Crippen molar-refractivity contribution in [2.75, 3.05) is 6.54 Å². The third kappa shape index (κ3) is 4.38. The van der Waals surface area contributed by atoms with Crippen LogP contribution >= 0.6 is 23.2 Å². The van der Waals surface area contributed by atoms with E-state index in [0.717, 1.165) is 29.8 Å². The molecule has 1 saturated carbocycles. The molecule has 20 heavy (non-hydrogen) atoms. The van der Waals surface area contributed by atoms with Gasteiger partial charge in [0.15, 0.2) is 0 Å². The van der Waals surface area contributed by atoms with Gasteiger partial charge in [0.25, 0.3) is 0 Å². The van der Waals surface area contributed by atoms with E-state index in [4.69, 9.17) is 23.2 Å². The molecule has 0 aliphatic heterocycles. The quantitative estimate of drug-likeness (QED) is 0.791. The molecule has 1 fully saturated rings. The fraction of sp³-hybridized carbons (Fsp3) is 0.647. The van der Waals surface area contributed by atoms with Crippen molar-refractivity contribution in [1.82, 2.24) is 5.32 Å². The van der Waals surface area contributed by atoms with E-state index < -0.39 is 0 Å². The topological polar surface area (TPSA) is 12.0 Å². The summed E-state index contributed by atoms with van der Waals surface area (Å²) in [6.07, 6.45) is 5.01. The second-order valence-electron chi connectivity index (χ2n) is 7.00. The smallest absolute Gasteiger partial charge is 0.0624 e. The number of halogens is 2. The minimum absolute atomic E-state index is 0.195. The van der Waals surface area contributed by atoms with Gasteiger partial charge in [-0.1, -0.05) is 41.8 Å². The summed E-state index contributed by atoms with van der Waals surface area (Å²) >= 11 is 12.4. The summed E-state index contributed by atoms with van der Waals surface area (Å²) in [5.41, 5.74) is 1.40. The summed E-state index contributed by atoms with van der Waals surface area (Å²) in [5, 5.41) is 5.06. The van der Waals surface area contributed by atoms with Crippen molar-refractivity contribution in [2.24, 2.45) is 11.8 Å². The van der Waals surface area contributed by atoms with Crippen molar-refractivity contribution in [1.29, 1.82) is 0 Å². The monoisotopic (exact) mass is 313 g/mol. The van der Waals surface area contributed by atoms with Gasteiger partial charge in [-0.05, 0) is 70.0 Å². The van der Waals surface area contributed by atoms with Crippen molar-refractivity contribution in [3.8, 4) is 0 Å². The minimum Gasteiger partial charge on any atom is -0.312 e. The molecule has 1 aliphatic carbocycles. The molecule has 2 unspecified atom stereocenters. The third-order valence-corrected chi connectivity index (χ3v) is 5.08. The Balaban J connectivity index is 1.99. The third-order valence-electron chi connectivity index (χ3n) is 4.22. The van der Waals surface area contributed by atoms with Crippen molar-refractivity contribution in [3.63, 3.8) is 0 Å². The molecule has 1 N–H and O–H groups in total. The maximum absolute atomic E-state index is 6.32. The van der Waals surface area contributed by atoms with Crippen molar-refractivity contribution >= 4 is 23.2 Å². The second-order valence-corrected chi connectivity index (χ2v) is 7.78. The summed E-state index contributed by atoms with van der Waals surface area (Å²) in [6.45, 7) is 7.78. The zero-order valence-electron chi connectivity index (χ0n) is 12.7. The highest BCUT2D eigenvalue weighted by atomic mass is 35.5. The maximum Gasteiger partial charge on any atom is 0.0624 e. The van der Waals surface area contributed by atoms with Crippen LogP contribution < -0.4 is 5.32 Å². The Morgan fingerprint density at radius 1 is 1.15 bits per heavy atom. The number of hydrogen-bond donors (Lipinski definition) is 1. The van der Waals surface area contributed by atoms with Crippen molar-refractivity contribution in [2.45, 2.75) is 52.0 Å². The van der Waals surface area contributed by atoms with Gasteiger partial charge in [0, 0.05) is 5.54 Å². The molecule has 0 amide bonds. The molecule has 0 heterocycles.